The molecular formula is C45H26N4OS. The maximum absolute atomic E-state index is 6.60. The molecule has 11 aromatic rings. The second-order valence-corrected chi connectivity index (χ2v) is 13.9. The summed E-state index contributed by atoms with van der Waals surface area (Å²) in [5, 5.41) is 6.83. The zero-order valence-electron chi connectivity index (χ0n) is 27.1. The minimum absolute atomic E-state index is 0.638. The van der Waals surface area contributed by atoms with Crippen molar-refractivity contribution in [2.45, 2.75) is 0 Å². The van der Waals surface area contributed by atoms with E-state index in [0.717, 1.165) is 71.5 Å². The van der Waals surface area contributed by atoms with Gasteiger partial charge in [0.2, 0.25) is 0 Å². The fourth-order valence-electron chi connectivity index (χ4n) is 7.59. The van der Waals surface area contributed by atoms with Gasteiger partial charge >= 0.3 is 0 Å². The number of furan rings is 1. The van der Waals surface area contributed by atoms with Crippen molar-refractivity contribution in [1.82, 2.24) is 19.5 Å². The second kappa shape index (κ2) is 10.9. The van der Waals surface area contributed by atoms with Gasteiger partial charge in [-0.1, -0.05) is 115 Å². The number of para-hydroxylation sites is 2. The summed E-state index contributed by atoms with van der Waals surface area (Å²) in [7, 11) is 0. The van der Waals surface area contributed by atoms with Crippen LogP contribution in [0.25, 0.3) is 104 Å². The minimum Gasteiger partial charge on any atom is -0.455 e. The zero-order chi connectivity index (χ0) is 33.5. The molecule has 0 amide bonds. The highest BCUT2D eigenvalue weighted by atomic mass is 32.1. The van der Waals surface area contributed by atoms with Crippen molar-refractivity contribution >= 4 is 75.3 Å². The summed E-state index contributed by atoms with van der Waals surface area (Å²) in [6.45, 7) is 0. The summed E-state index contributed by atoms with van der Waals surface area (Å²) in [4.78, 5) is 15.4. The van der Waals surface area contributed by atoms with Crippen LogP contribution in [0, 0.1) is 0 Å². The van der Waals surface area contributed by atoms with Gasteiger partial charge in [-0.2, -0.15) is 0 Å². The smallest absolute Gasteiger partial charge is 0.164 e. The van der Waals surface area contributed by atoms with Crippen LogP contribution in [-0.4, -0.2) is 19.5 Å². The average Bonchev–Trinajstić information content (AvgIpc) is 3.87. The highest BCUT2D eigenvalue weighted by Gasteiger charge is 2.22. The summed E-state index contributed by atoms with van der Waals surface area (Å²) in [5.74, 6) is 1.92. The molecule has 7 aromatic carbocycles. The highest BCUT2D eigenvalue weighted by Crippen LogP contribution is 2.44. The Balaban J connectivity index is 1.25. The number of hydrogen-bond acceptors (Lipinski definition) is 5. The van der Waals surface area contributed by atoms with Crippen LogP contribution in [0.2, 0.25) is 0 Å². The Labute approximate surface area is 295 Å². The van der Waals surface area contributed by atoms with Crippen molar-refractivity contribution in [3.8, 4) is 39.9 Å². The Morgan fingerprint density at radius 1 is 0.451 bits per heavy atom. The van der Waals surface area contributed by atoms with Gasteiger partial charge in [0, 0.05) is 58.7 Å². The molecule has 0 aliphatic heterocycles. The van der Waals surface area contributed by atoms with Gasteiger partial charge in [0.05, 0.1) is 16.4 Å². The molecule has 0 bridgehead atoms. The lowest BCUT2D eigenvalue weighted by molar-refractivity contribution is 0.673. The average molecular weight is 671 g/mol. The topological polar surface area (TPSA) is 56.7 Å². The zero-order valence-corrected chi connectivity index (χ0v) is 27.9. The molecule has 0 N–H and O–H groups in total. The lowest BCUT2D eigenvalue weighted by Crippen LogP contribution is -2.01. The van der Waals surface area contributed by atoms with Crippen LogP contribution in [0.1, 0.15) is 0 Å². The number of fused-ring (bicyclic) bond motifs is 10. The van der Waals surface area contributed by atoms with Crippen molar-refractivity contribution < 1.29 is 4.42 Å². The molecule has 0 aliphatic carbocycles. The number of hydrogen-bond donors (Lipinski definition) is 0. The lowest BCUT2D eigenvalue weighted by atomic mass is 10.0. The molecule has 0 saturated heterocycles. The predicted octanol–water partition coefficient (Wildman–Crippen LogP) is 12.2. The summed E-state index contributed by atoms with van der Waals surface area (Å²) in [6, 6.07) is 54.8. The number of rotatable bonds is 4. The van der Waals surface area contributed by atoms with E-state index in [4.69, 9.17) is 19.4 Å². The first-order chi connectivity index (χ1) is 25.3. The van der Waals surface area contributed by atoms with Crippen molar-refractivity contribution in [2.75, 3.05) is 0 Å². The van der Waals surface area contributed by atoms with Crippen LogP contribution in [-0.2, 0) is 0 Å². The minimum atomic E-state index is 0.638. The van der Waals surface area contributed by atoms with Crippen LogP contribution in [0.15, 0.2) is 162 Å². The summed E-state index contributed by atoms with van der Waals surface area (Å²) < 4.78 is 11.4. The molecule has 0 aliphatic rings. The first-order valence-electron chi connectivity index (χ1n) is 16.9. The first-order valence-corrected chi connectivity index (χ1v) is 17.8. The molecule has 4 aromatic heterocycles. The quantitative estimate of drug-likeness (QED) is 0.187. The van der Waals surface area contributed by atoms with Crippen LogP contribution in [0.4, 0.5) is 0 Å². The van der Waals surface area contributed by atoms with E-state index in [9.17, 15) is 0 Å². The SMILES string of the molecule is c1ccc(-c2nc(-c3ccccc3)nc(-c3cc(-n4c5ccccc5c5c6oc7ccccc7c6ccc54)cc4sc5ccccc5c34)n2)cc1. The van der Waals surface area contributed by atoms with E-state index in [1.807, 2.05) is 48.5 Å². The van der Waals surface area contributed by atoms with Crippen molar-refractivity contribution in [2.24, 2.45) is 0 Å². The largest absolute Gasteiger partial charge is 0.455 e. The van der Waals surface area contributed by atoms with Crippen molar-refractivity contribution in [3.05, 3.63) is 158 Å². The van der Waals surface area contributed by atoms with E-state index < -0.39 is 0 Å². The van der Waals surface area contributed by atoms with Gasteiger partial charge in [-0.25, -0.2) is 15.0 Å². The number of thiophene rings is 1. The fraction of sp³-hybridized carbons (Fsp3) is 0. The van der Waals surface area contributed by atoms with Gasteiger partial charge in [-0.15, -0.1) is 11.3 Å². The summed E-state index contributed by atoms with van der Waals surface area (Å²) in [6.07, 6.45) is 0. The molecule has 0 unspecified atom stereocenters. The Bertz CT molecular complexity index is 3080. The molecule has 6 heteroatoms. The normalized spacial score (nSPS) is 11.9. The maximum atomic E-state index is 6.60. The Hall–Kier alpha value is -6.63. The number of benzene rings is 7. The number of aromatic nitrogens is 4. The Morgan fingerprint density at radius 3 is 1.84 bits per heavy atom. The van der Waals surface area contributed by atoms with Crippen molar-refractivity contribution in [1.29, 1.82) is 0 Å². The Kier molecular flexibility index (Phi) is 6.05. The third-order valence-corrected chi connectivity index (χ3v) is 11.0. The van der Waals surface area contributed by atoms with Crippen LogP contribution < -0.4 is 0 Å². The second-order valence-electron chi connectivity index (χ2n) is 12.8. The van der Waals surface area contributed by atoms with Gasteiger partial charge in [-0.3, -0.25) is 0 Å². The molecule has 238 valence electrons. The van der Waals surface area contributed by atoms with E-state index >= 15 is 0 Å². The standard InChI is InChI=1S/C45H26N4OS/c1-3-13-27(14-4-1)43-46-44(28-15-5-2-6-16-28)48-45(47-43)34-25-29(26-39-40(34)33-19-9-12-22-38(33)51-39)49-35-20-10-7-18-32(35)41-36(49)24-23-31-30-17-8-11-21-37(30)50-42(31)41/h1-26H. The van der Waals surface area contributed by atoms with Gasteiger partial charge in [-0.05, 0) is 42.5 Å². The van der Waals surface area contributed by atoms with Gasteiger partial charge in [0.25, 0.3) is 0 Å². The van der Waals surface area contributed by atoms with Gasteiger partial charge < -0.3 is 8.98 Å². The van der Waals surface area contributed by atoms with E-state index in [1.54, 1.807) is 11.3 Å². The third kappa shape index (κ3) is 4.30. The van der Waals surface area contributed by atoms with Gasteiger partial charge in [0.15, 0.2) is 17.5 Å². The fourth-order valence-corrected chi connectivity index (χ4v) is 8.75. The summed E-state index contributed by atoms with van der Waals surface area (Å²) >= 11 is 1.80. The third-order valence-electron chi connectivity index (χ3n) is 9.84. The Morgan fingerprint density at radius 2 is 1.08 bits per heavy atom. The van der Waals surface area contributed by atoms with Crippen LogP contribution in [0.5, 0.6) is 0 Å². The maximum Gasteiger partial charge on any atom is 0.164 e. The molecule has 4 heterocycles. The lowest BCUT2D eigenvalue weighted by Gasteiger charge is -2.13. The molecule has 51 heavy (non-hydrogen) atoms. The van der Waals surface area contributed by atoms with Gasteiger partial charge in [0.1, 0.15) is 11.2 Å². The van der Waals surface area contributed by atoms with E-state index in [-0.39, 0.29) is 0 Å². The molecule has 0 spiro atoms. The van der Waals surface area contributed by atoms with E-state index in [1.165, 1.54) is 14.8 Å². The predicted molar refractivity (Wildman–Crippen MR) is 211 cm³/mol. The van der Waals surface area contributed by atoms with E-state index in [2.05, 4.69) is 114 Å². The van der Waals surface area contributed by atoms with Crippen molar-refractivity contribution in [3.63, 3.8) is 0 Å². The molecule has 0 atom stereocenters. The molecule has 0 fully saturated rings. The van der Waals surface area contributed by atoms with Crippen LogP contribution in [0.3, 0.4) is 0 Å². The molecule has 11 rings (SSSR count). The van der Waals surface area contributed by atoms with E-state index in [0.29, 0.717) is 17.5 Å². The monoisotopic (exact) mass is 670 g/mol. The molecule has 5 nitrogen and oxygen atoms in total. The van der Waals surface area contributed by atoms with Crippen LogP contribution >= 0.6 is 11.3 Å². The molecular weight excluding hydrogens is 645 g/mol. The summed E-state index contributed by atoms with van der Waals surface area (Å²) in [5.41, 5.74) is 7.88. The highest BCUT2D eigenvalue weighted by molar-refractivity contribution is 7.26. The number of nitrogens with zero attached hydrogens (tertiary/aromatic N) is 4. The molecule has 0 saturated carbocycles. The molecule has 0 radical (unpaired) electrons. The first kappa shape index (κ1) is 28.2.